The van der Waals surface area contributed by atoms with Crippen LogP contribution in [0.3, 0.4) is 0 Å². The third kappa shape index (κ3) is 3.95. The van der Waals surface area contributed by atoms with Crippen molar-refractivity contribution in [3.05, 3.63) is 168 Å². The molecule has 0 saturated carbocycles. The Hall–Kier alpha value is -4.90. The molecule has 4 heteroatoms. The lowest BCUT2D eigenvalue weighted by atomic mass is 9.67. The van der Waals surface area contributed by atoms with Gasteiger partial charge < -0.3 is 13.9 Å². The summed E-state index contributed by atoms with van der Waals surface area (Å²) in [4.78, 5) is 0. The van der Waals surface area contributed by atoms with Crippen LogP contribution in [0.15, 0.2) is 146 Å². The average Bonchev–Trinajstić information content (AvgIpc) is 3.66. The Balaban J connectivity index is 1.32. The molecule has 3 nitrogen and oxygen atoms in total. The zero-order valence-electron chi connectivity index (χ0n) is 27.2. The molecule has 1 fully saturated rings. The monoisotopic (exact) mass is 609 g/mol. The molecule has 2 heterocycles. The van der Waals surface area contributed by atoms with Crippen LogP contribution in [0.1, 0.15) is 49.9 Å². The van der Waals surface area contributed by atoms with Gasteiger partial charge >= 0.3 is 7.12 Å². The Kier molecular flexibility index (Phi) is 6.06. The van der Waals surface area contributed by atoms with Gasteiger partial charge in [-0.25, -0.2) is 0 Å². The maximum Gasteiger partial charge on any atom is 0.494 e. The summed E-state index contributed by atoms with van der Waals surface area (Å²) in [5, 5.41) is 2.44. The molecule has 0 bridgehead atoms. The van der Waals surface area contributed by atoms with Crippen LogP contribution in [-0.4, -0.2) is 22.9 Å². The van der Waals surface area contributed by atoms with E-state index in [4.69, 9.17) is 9.31 Å². The Morgan fingerprint density at radius 3 is 1.77 bits per heavy atom. The molecule has 1 aliphatic heterocycles. The summed E-state index contributed by atoms with van der Waals surface area (Å²) in [6.45, 7) is 8.43. The molecule has 2 aliphatic rings. The second kappa shape index (κ2) is 10.1. The highest BCUT2D eigenvalue weighted by Gasteiger charge is 2.52. The van der Waals surface area contributed by atoms with Crippen LogP contribution in [0.2, 0.25) is 0 Å². The van der Waals surface area contributed by atoms with Crippen LogP contribution >= 0.6 is 0 Å². The molecule has 0 N–H and O–H groups in total. The maximum absolute atomic E-state index is 6.51. The zero-order valence-corrected chi connectivity index (χ0v) is 27.2. The van der Waals surface area contributed by atoms with Crippen molar-refractivity contribution in [2.45, 2.75) is 44.3 Å². The summed E-state index contributed by atoms with van der Waals surface area (Å²) in [5.74, 6) is 0. The van der Waals surface area contributed by atoms with Crippen molar-refractivity contribution < 1.29 is 9.31 Å². The second-order valence-corrected chi connectivity index (χ2v) is 14.0. The predicted octanol–water partition coefficient (Wildman–Crippen LogP) is 9.45. The van der Waals surface area contributed by atoms with E-state index in [1.165, 1.54) is 49.7 Å². The second-order valence-electron chi connectivity index (χ2n) is 14.0. The summed E-state index contributed by atoms with van der Waals surface area (Å²) >= 11 is 0. The molecule has 0 amide bonds. The van der Waals surface area contributed by atoms with E-state index in [0.29, 0.717) is 0 Å². The SMILES string of the molecule is CC1(C)OB(c2ccc3c4ccccc4n(-c4ccc5c(c4)C(c4ccccc4)(c4ccccc4)c4ccccc4-5)c3c2)OC1(C)C. The summed E-state index contributed by atoms with van der Waals surface area (Å²) in [6.07, 6.45) is 0. The largest absolute Gasteiger partial charge is 0.494 e. The minimum atomic E-state index is -0.461. The number of para-hydroxylation sites is 1. The van der Waals surface area contributed by atoms with Crippen LogP contribution in [-0.2, 0) is 14.7 Å². The van der Waals surface area contributed by atoms with E-state index >= 15 is 0 Å². The molecule has 228 valence electrons. The summed E-state index contributed by atoms with van der Waals surface area (Å²) in [5.41, 5.74) is 10.9. The van der Waals surface area contributed by atoms with Gasteiger partial charge in [0, 0.05) is 16.5 Å². The first kappa shape index (κ1) is 28.3. The van der Waals surface area contributed by atoms with E-state index in [-0.39, 0.29) is 0 Å². The van der Waals surface area contributed by atoms with E-state index in [0.717, 1.165) is 16.7 Å². The van der Waals surface area contributed by atoms with Gasteiger partial charge in [0.15, 0.2) is 0 Å². The lowest BCUT2D eigenvalue weighted by molar-refractivity contribution is 0.00578. The molecule has 1 aliphatic carbocycles. The molecule has 0 unspecified atom stereocenters. The predicted molar refractivity (Wildman–Crippen MR) is 194 cm³/mol. The van der Waals surface area contributed by atoms with Gasteiger partial charge in [0.05, 0.1) is 27.7 Å². The highest BCUT2D eigenvalue weighted by molar-refractivity contribution is 6.62. The number of rotatable bonds is 4. The minimum absolute atomic E-state index is 0.410. The number of hydrogen-bond donors (Lipinski definition) is 0. The molecule has 1 aromatic heterocycles. The highest BCUT2D eigenvalue weighted by Crippen LogP contribution is 2.56. The molecule has 7 aromatic rings. The fourth-order valence-corrected chi connectivity index (χ4v) is 7.96. The molecular formula is C43H36BNO2. The zero-order chi connectivity index (χ0) is 32.0. The van der Waals surface area contributed by atoms with E-state index in [2.05, 4.69) is 178 Å². The standard InChI is InChI=1S/C43H36BNO2/c1-41(2)42(3,4)47-44(46-41)31-23-25-36-35-20-12-14-22-39(35)45(40(36)27-31)32-24-26-34-33-19-11-13-21-37(33)43(38(34)28-32,29-15-7-5-8-16-29)30-17-9-6-10-18-30/h5-28H,1-4H3. The summed E-state index contributed by atoms with van der Waals surface area (Å²) < 4.78 is 15.4. The molecule has 0 spiro atoms. The quantitative estimate of drug-likeness (QED) is 0.186. The molecular weight excluding hydrogens is 573 g/mol. The smallest absolute Gasteiger partial charge is 0.399 e. The van der Waals surface area contributed by atoms with Gasteiger partial charge in [-0.15, -0.1) is 0 Å². The van der Waals surface area contributed by atoms with E-state index in [1.54, 1.807) is 0 Å². The Morgan fingerprint density at radius 2 is 1.06 bits per heavy atom. The van der Waals surface area contributed by atoms with Gasteiger partial charge in [0.2, 0.25) is 0 Å². The lowest BCUT2D eigenvalue weighted by Crippen LogP contribution is -2.41. The van der Waals surface area contributed by atoms with E-state index in [9.17, 15) is 0 Å². The third-order valence-electron chi connectivity index (χ3n) is 10.9. The van der Waals surface area contributed by atoms with Crippen LogP contribution in [0.25, 0.3) is 38.6 Å². The Morgan fingerprint density at radius 1 is 0.489 bits per heavy atom. The number of fused-ring (bicyclic) bond motifs is 6. The van der Waals surface area contributed by atoms with Crippen LogP contribution in [0.5, 0.6) is 0 Å². The van der Waals surface area contributed by atoms with Crippen molar-refractivity contribution in [1.82, 2.24) is 4.57 Å². The first-order valence-electron chi connectivity index (χ1n) is 16.5. The van der Waals surface area contributed by atoms with Crippen molar-refractivity contribution in [2.75, 3.05) is 0 Å². The van der Waals surface area contributed by atoms with Crippen molar-refractivity contribution in [1.29, 1.82) is 0 Å². The fraction of sp³-hybridized carbons (Fsp3) is 0.163. The number of aromatic nitrogens is 1. The van der Waals surface area contributed by atoms with Gasteiger partial charge in [-0.2, -0.15) is 0 Å². The highest BCUT2D eigenvalue weighted by atomic mass is 16.7. The number of benzene rings is 6. The van der Waals surface area contributed by atoms with Crippen LogP contribution < -0.4 is 5.46 Å². The average molecular weight is 610 g/mol. The number of nitrogens with zero attached hydrogens (tertiary/aromatic N) is 1. The molecule has 0 atom stereocenters. The fourth-order valence-electron chi connectivity index (χ4n) is 7.96. The molecule has 6 aromatic carbocycles. The first-order chi connectivity index (χ1) is 22.8. The van der Waals surface area contributed by atoms with Crippen molar-refractivity contribution in [3.8, 4) is 16.8 Å². The molecule has 0 radical (unpaired) electrons. The van der Waals surface area contributed by atoms with E-state index in [1.807, 2.05) is 0 Å². The minimum Gasteiger partial charge on any atom is -0.399 e. The lowest BCUT2D eigenvalue weighted by Gasteiger charge is -2.34. The van der Waals surface area contributed by atoms with Crippen molar-refractivity contribution >= 4 is 34.4 Å². The first-order valence-corrected chi connectivity index (χ1v) is 16.5. The molecule has 47 heavy (non-hydrogen) atoms. The molecule has 9 rings (SSSR count). The van der Waals surface area contributed by atoms with Gasteiger partial charge in [0.25, 0.3) is 0 Å². The number of hydrogen-bond acceptors (Lipinski definition) is 2. The summed E-state index contributed by atoms with van der Waals surface area (Å²) in [7, 11) is -0.436. The Bertz CT molecular complexity index is 2260. The van der Waals surface area contributed by atoms with Gasteiger partial charge in [0.1, 0.15) is 0 Å². The van der Waals surface area contributed by atoms with Gasteiger partial charge in [-0.1, -0.05) is 121 Å². The van der Waals surface area contributed by atoms with Crippen LogP contribution in [0, 0.1) is 0 Å². The third-order valence-corrected chi connectivity index (χ3v) is 10.9. The van der Waals surface area contributed by atoms with Crippen molar-refractivity contribution in [2.24, 2.45) is 0 Å². The van der Waals surface area contributed by atoms with Gasteiger partial charge in [-0.05, 0) is 90.8 Å². The van der Waals surface area contributed by atoms with Crippen molar-refractivity contribution in [3.63, 3.8) is 0 Å². The van der Waals surface area contributed by atoms with Gasteiger partial charge in [-0.3, -0.25) is 0 Å². The van der Waals surface area contributed by atoms with Crippen LogP contribution in [0.4, 0.5) is 0 Å². The molecule has 1 saturated heterocycles. The topological polar surface area (TPSA) is 23.4 Å². The van der Waals surface area contributed by atoms with E-state index < -0.39 is 23.7 Å². The Labute approximate surface area is 276 Å². The normalized spacial score (nSPS) is 17.2. The maximum atomic E-state index is 6.51. The summed E-state index contributed by atoms with van der Waals surface area (Å²) in [6, 6.07) is 53.3.